The van der Waals surface area contributed by atoms with Gasteiger partial charge in [-0.3, -0.25) is 4.79 Å². The van der Waals surface area contributed by atoms with Gasteiger partial charge in [-0.25, -0.2) is 0 Å². The number of carbonyl (C=O) groups excluding carboxylic acids is 1. The second kappa shape index (κ2) is 6.02. The molecule has 0 unspecified atom stereocenters. The molecule has 54 valence electrons. The molecular formula is C9H12O. The van der Waals surface area contributed by atoms with Gasteiger partial charge in [-0.2, -0.15) is 0 Å². The lowest BCUT2D eigenvalue weighted by atomic mass is 10.2. The van der Waals surface area contributed by atoms with Gasteiger partial charge in [-0.05, 0) is 19.9 Å². The van der Waals surface area contributed by atoms with E-state index in [1.54, 1.807) is 6.08 Å². The zero-order chi connectivity index (χ0) is 7.82. The van der Waals surface area contributed by atoms with Crippen LogP contribution >= 0.6 is 0 Å². The minimum atomic E-state index is 0.771. The van der Waals surface area contributed by atoms with Crippen LogP contribution in [0.5, 0.6) is 0 Å². The molecule has 0 aromatic carbocycles. The Morgan fingerprint density at radius 3 is 2.50 bits per heavy atom. The first-order valence-corrected chi connectivity index (χ1v) is 3.22. The second-order valence-electron chi connectivity index (χ2n) is 1.93. The van der Waals surface area contributed by atoms with Crippen LogP contribution in [0.1, 0.15) is 13.8 Å². The maximum absolute atomic E-state index is 9.85. The smallest absolute Gasteiger partial charge is 0.142 e. The van der Waals surface area contributed by atoms with Crippen LogP contribution < -0.4 is 0 Å². The van der Waals surface area contributed by atoms with Crippen LogP contribution in [0.15, 0.2) is 36.0 Å². The van der Waals surface area contributed by atoms with E-state index in [4.69, 9.17) is 0 Å². The molecule has 0 amide bonds. The Labute approximate surface area is 61.8 Å². The fraction of sp³-hybridized carbons (Fsp3) is 0.222. The number of hydrogen-bond donors (Lipinski definition) is 0. The number of allylic oxidation sites excluding steroid dienone is 6. The molecule has 0 aliphatic carbocycles. The summed E-state index contributed by atoms with van der Waals surface area (Å²) in [4.78, 5) is 9.85. The van der Waals surface area contributed by atoms with E-state index in [1.165, 1.54) is 6.08 Å². The van der Waals surface area contributed by atoms with Gasteiger partial charge >= 0.3 is 0 Å². The summed E-state index contributed by atoms with van der Waals surface area (Å²) in [5.41, 5.74) is 1.07. The van der Waals surface area contributed by atoms with Crippen molar-refractivity contribution in [2.75, 3.05) is 0 Å². The summed E-state index contributed by atoms with van der Waals surface area (Å²) in [5.74, 6) is 0. The maximum Gasteiger partial charge on any atom is 0.142 e. The minimum absolute atomic E-state index is 0.771. The highest BCUT2D eigenvalue weighted by Gasteiger charge is 1.74. The van der Waals surface area contributed by atoms with Gasteiger partial charge in [0.1, 0.15) is 6.29 Å². The van der Waals surface area contributed by atoms with Crippen molar-refractivity contribution in [1.82, 2.24) is 0 Å². The summed E-state index contributed by atoms with van der Waals surface area (Å²) < 4.78 is 0. The Hall–Kier alpha value is -1.11. The molecule has 0 saturated heterocycles. The summed E-state index contributed by atoms with van der Waals surface area (Å²) in [6, 6.07) is 0. The van der Waals surface area contributed by atoms with Crippen molar-refractivity contribution >= 4 is 6.29 Å². The molecule has 0 aliphatic heterocycles. The van der Waals surface area contributed by atoms with Crippen molar-refractivity contribution in [3.63, 3.8) is 0 Å². The van der Waals surface area contributed by atoms with Crippen LogP contribution in [0.3, 0.4) is 0 Å². The van der Waals surface area contributed by atoms with E-state index in [2.05, 4.69) is 0 Å². The highest BCUT2D eigenvalue weighted by Crippen LogP contribution is 1.93. The topological polar surface area (TPSA) is 17.1 Å². The number of carbonyl (C=O) groups is 1. The van der Waals surface area contributed by atoms with Gasteiger partial charge in [-0.15, -0.1) is 0 Å². The molecule has 1 nitrogen and oxygen atoms in total. The average molecular weight is 136 g/mol. The van der Waals surface area contributed by atoms with E-state index in [-0.39, 0.29) is 0 Å². The molecule has 10 heavy (non-hydrogen) atoms. The molecule has 0 saturated carbocycles. The van der Waals surface area contributed by atoms with Gasteiger partial charge in [0.15, 0.2) is 0 Å². The quantitative estimate of drug-likeness (QED) is 0.330. The predicted molar refractivity (Wildman–Crippen MR) is 43.8 cm³/mol. The molecular weight excluding hydrogens is 124 g/mol. The molecule has 0 aliphatic rings. The van der Waals surface area contributed by atoms with Crippen LogP contribution in [-0.2, 0) is 4.79 Å². The van der Waals surface area contributed by atoms with Crippen molar-refractivity contribution in [2.45, 2.75) is 13.8 Å². The molecule has 0 spiro atoms. The molecule has 0 N–H and O–H groups in total. The lowest BCUT2D eigenvalue weighted by molar-refractivity contribution is -0.104. The standard InChI is InChI=1S/C9H12O/c1-3-4-6-9(2)7-5-8-10/h3-8H,1-2H3. The van der Waals surface area contributed by atoms with E-state index >= 15 is 0 Å². The summed E-state index contributed by atoms with van der Waals surface area (Å²) in [6.45, 7) is 3.90. The third-order valence-electron chi connectivity index (χ3n) is 0.989. The molecule has 0 aromatic rings. The van der Waals surface area contributed by atoms with Crippen molar-refractivity contribution in [3.05, 3.63) is 36.0 Å². The third kappa shape index (κ3) is 5.04. The number of rotatable bonds is 3. The van der Waals surface area contributed by atoms with Gasteiger partial charge in [-0.1, -0.05) is 29.9 Å². The Kier molecular flexibility index (Phi) is 5.35. The van der Waals surface area contributed by atoms with Crippen LogP contribution in [0.4, 0.5) is 0 Å². The molecule has 0 fully saturated rings. The van der Waals surface area contributed by atoms with E-state index in [0.29, 0.717) is 0 Å². The predicted octanol–water partition coefficient (Wildman–Crippen LogP) is 2.26. The van der Waals surface area contributed by atoms with Crippen LogP contribution in [-0.4, -0.2) is 6.29 Å². The Bertz CT molecular complexity index is 173. The summed E-state index contributed by atoms with van der Waals surface area (Å²) in [5, 5.41) is 0. The summed E-state index contributed by atoms with van der Waals surface area (Å²) >= 11 is 0. The van der Waals surface area contributed by atoms with Gasteiger partial charge in [0.25, 0.3) is 0 Å². The fourth-order valence-corrected chi connectivity index (χ4v) is 0.495. The van der Waals surface area contributed by atoms with Gasteiger partial charge in [0.2, 0.25) is 0 Å². The Balaban J connectivity index is 3.93. The average Bonchev–Trinajstić information content (AvgIpc) is 1.97. The molecule has 0 heterocycles. The maximum atomic E-state index is 9.85. The molecule has 1 heteroatoms. The third-order valence-corrected chi connectivity index (χ3v) is 0.989. The van der Waals surface area contributed by atoms with Crippen molar-refractivity contribution in [2.24, 2.45) is 0 Å². The monoisotopic (exact) mass is 136 g/mol. The van der Waals surface area contributed by atoms with Crippen LogP contribution in [0, 0.1) is 0 Å². The molecule has 0 radical (unpaired) electrons. The van der Waals surface area contributed by atoms with E-state index in [1.807, 2.05) is 32.1 Å². The Morgan fingerprint density at radius 2 is 2.00 bits per heavy atom. The SMILES string of the molecule is CC=CC=C(C)C=CC=O. The first-order chi connectivity index (χ1) is 4.81. The van der Waals surface area contributed by atoms with E-state index < -0.39 is 0 Å². The highest BCUT2D eigenvalue weighted by atomic mass is 16.1. The lowest BCUT2D eigenvalue weighted by Crippen LogP contribution is -1.66. The highest BCUT2D eigenvalue weighted by molar-refractivity contribution is 5.65. The van der Waals surface area contributed by atoms with E-state index in [0.717, 1.165) is 11.9 Å². The molecule has 0 rings (SSSR count). The summed E-state index contributed by atoms with van der Waals surface area (Å²) in [7, 11) is 0. The first kappa shape index (κ1) is 8.89. The Morgan fingerprint density at radius 1 is 1.30 bits per heavy atom. The van der Waals surface area contributed by atoms with Gasteiger partial charge in [0, 0.05) is 0 Å². The molecule has 0 bridgehead atoms. The zero-order valence-corrected chi connectivity index (χ0v) is 6.37. The second-order valence-corrected chi connectivity index (χ2v) is 1.93. The van der Waals surface area contributed by atoms with Crippen molar-refractivity contribution in [3.8, 4) is 0 Å². The van der Waals surface area contributed by atoms with E-state index in [9.17, 15) is 4.79 Å². The number of hydrogen-bond acceptors (Lipinski definition) is 1. The number of aldehydes is 1. The zero-order valence-electron chi connectivity index (χ0n) is 6.37. The van der Waals surface area contributed by atoms with Crippen molar-refractivity contribution < 1.29 is 4.79 Å². The van der Waals surface area contributed by atoms with Gasteiger partial charge in [0.05, 0.1) is 0 Å². The van der Waals surface area contributed by atoms with Crippen LogP contribution in [0.2, 0.25) is 0 Å². The summed E-state index contributed by atoms with van der Waals surface area (Å²) in [6.07, 6.45) is 9.85. The minimum Gasteiger partial charge on any atom is -0.299 e. The lowest BCUT2D eigenvalue weighted by Gasteiger charge is -1.83. The molecule has 0 aromatic heterocycles. The van der Waals surface area contributed by atoms with Crippen molar-refractivity contribution in [1.29, 1.82) is 0 Å². The largest absolute Gasteiger partial charge is 0.299 e. The van der Waals surface area contributed by atoms with Gasteiger partial charge < -0.3 is 0 Å². The first-order valence-electron chi connectivity index (χ1n) is 3.22. The molecule has 0 atom stereocenters. The normalized spacial score (nSPS) is 13.2. The fourth-order valence-electron chi connectivity index (χ4n) is 0.495. The van der Waals surface area contributed by atoms with Crippen LogP contribution in [0.25, 0.3) is 0 Å².